The normalized spacial score (nSPS) is 22.7. The average molecular weight is 428 g/mol. The van der Waals surface area contributed by atoms with Gasteiger partial charge in [0.2, 0.25) is 11.8 Å². The van der Waals surface area contributed by atoms with Crippen molar-refractivity contribution in [2.75, 3.05) is 33.4 Å². The molecule has 1 aromatic rings. The van der Waals surface area contributed by atoms with E-state index in [1.165, 1.54) is 0 Å². The second-order valence-corrected chi connectivity index (χ2v) is 8.28. The van der Waals surface area contributed by atoms with Crippen molar-refractivity contribution in [3.05, 3.63) is 34.9 Å². The highest BCUT2D eigenvalue weighted by Crippen LogP contribution is 2.30. The minimum atomic E-state index is -0.938. The van der Waals surface area contributed by atoms with Crippen molar-refractivity contribution >= 4 is 23.6 Å². The van der Waals surface area contributed by atoms with Crippen molar-refractivity contribution in [1.29, 1.82) is 0 Å². The van der Waals surface area contributed by atoms with Gasteiger partial charge in [-0.2, -0.15) is 0 Å². The van der Waals surface area contributed by atoms with Gasteiger partial charge in [0.25, 0.3) is 11.8 Å². The average Bonchev–Trinajstić information content (AvgIpc) is 3.01. The fraction of sp³-hybridized carbons (Fsp3) is 0.545. The molecular weight excluding hydrogens is 400 g/mol. The molecule has 9 heteroatoms. The third-order valence-electron chi connectivity index (χ3n) is 6.28. The smallest absolute Gasteiger partial charge is 0.262 e. The number of nitrogens with one attached hydrogen (secondary N) is 2. The van der Waals surface area contributed by atoms with Crippen LogP contribution in [0, 0.1) is 0 Å². The number of carbonyl (C=O) groups is 4. The van der Waals surface area contributed by atoms with E-state index in [1.54, 1.807) is 19.2 Å². The lowest BCUT2D eigenvalue weighted by Crippen LogP contribution is -2.54. The third kappa shape index (κ3) is 4.39. The summed E-state index contributed by atoms with van der Waals surface area (Å²) in [5.74, 6) is -1.87. The fourth-order valence-electron chi connectivity index (χ4n) is 4.62. The van der Waals surface area contributed by atoms with Crippen LogP contribution < -0.4 is 10.6 Å². The molecular formula is C22H28N4O5. The van der Waals surface area contributed by atoms with Crippen LogP contribution in [-0.2, 0) is 20.9 Å². The quantitative estimate of drug-likeness (QED) is 0.475. The molecule has 3 heterocycles. The zero-order valence-electron chi connectivity index (χ0n) is 17.7. The first-order chi connectivity index (χ1) is 15.0. The standard InChI is InChI=1S/C22H28N4O5/c1-31-12-9-23-15-7-10-25(11-8-15)13-14-3-2-4-16-19(14)22(30)26(21(16)29)17-5-6-18(27)24-20(17)28/h2-4,15,17,23H,5-13H2,1H3,(H,24,27,28). The summed E-state index contributed by atoms with van der Waals surface area (Å²) in [6.07, 6.45) is 2.29. The predicted octanol–water partition coefficient (Wildman–Crippen LogP) is 0.288. The molecule has 2 fully saturated rings. The summed E-state index contributed by atoms with van der Waals surface area (Å²) in [6, 6.07) is 4.82. The van der Waals surface area contributed by atoms with Crippen LogP contribution in [0.15, 0.2) is 18.2 Å². The first-order valence-electron chi connectivity index (χ1n) is 10.8. The van der Waals surface area contributed by atoms with E-state index in [4.69, 9.17) is 4.74 Å². The highest BCUT2D eigenvalue weighted by molar-refractivity contribution is 6.24. The van der Waals surface area contributed by atoms with Gasteiger partial charge in [0.05, 0.1) is 17.7 Å². The molecule has 0 aliphatic carbocycles. The Bertz CT molecular complexity index is 894. The minimum absolute atomic E-state index is 0.115. The van der Waals surface area contributed by atoms with Crippen molar-refractivity contribution in [3.63, 3.8) is 0 Å². The predicted molar refractivity (Wildman–Crippen MR) is 111 cm³/mol. The molecule has 166 valence electrons. The van der Waals surface area contributed by atoms with E-state index in [2.05, 4.69) is 15.5 Å². The number of nitrogens with zero attached hydrogens (tertiary/aromatic N) is 2. The van der Waals surface area contributed by atoms with Gasteiger partial charge < -0.3 is 10.1 Å². The topological polar surface area (TPSA) is 108 Å². The molecule has 2 N–H and O–H groups in total. The molecule has 0 radical (unpaired) electrons. The summed E-state index contributed by atoms with van der Waals surface area (Å²) in [6.45, 7) is 3.90. The lowest BCUT2D eigenvalue weighted by molar-refractivity contribution is -0.136. The molecule has 1 aromatic carbocycles. The number of fused-ring (bicyclic) bond motifs is 1. The molecule has 4 rings (SSSR count). The van der Waals surface area contributed by atoms with E-state index < -0.39 is 23.8 Å². The lowest BCUT2D eigenvalue weighted by atomic mass is 10.00. The molecule has 0 saturated carbocycles. The first kappa shape index (κ1) is 21.6. The number of piperidine rings is 2. The molecule has 0 aromatic heterocycles. The van der Waals surface area contributed by atoms with Crippen molar-refractivity contribution in [3.8, 4) is 0 Å². The number of ether oxygens (including phenoxy) is 1. The summed E-state index contributed by atoms with van der Waals surface area (Å²) < 4.78 is 5.08. The van der Waals surface area contributed by atoms with Gasteiger partial charge in [-0.05, 0) is 44.0 Å². The number of benzene rings is 1. The second kappa shape index (κ2) is 9.25. The number of imide groups is 2. The highest BCUT2D eigenvalue weighted by Gasteiger charge is 2.45. The molecule has 0 bridgehead atoms. The summed E-state index contributed by atoms with van der Waals surface area (Å²) >= 11 is 0. The molecule has 3 aliphatic heterocycles. The van der Waals surface area contributed by atoms with Gasteiger partial charge in [0, 0.05) is 32.7 Å². The lowest BCUT2D eigenvalue weighted by Gasteiger charge is -2.32. The summed E-state index contributed by atoms with van der Waals surface area (Å²) in [5.41, 5.74) is 1.53. The van der Waals surface area contributed by atoms with Gasteiger partial charge in [-0.1, -0.05) is 12.1 Å². The Labute approximate surface area is 181 Å². The SMILES string of the molecule is COCCNC1CCN(Cc2cccc3c2C(=O)N(C2CCC(=O)NC2=O)C3=O)CC1. The van der Waals surface area contributed by atoms with E-state index in [9.17, 15) is 19.2 Å². The van der Waals surface area contributed by atoms with Crippen LogP contribution in [0.2, 0.25) is 0 Å². The Morgan fingerprint density at radius 3 is 2.58 bits per heavy atom. The summed E-state index contributed by atoms with van der Waals surface area (Å²) in [5, 5.41) is 5.72. The second-order valence-electron chi connectivity index (χ2n) is 8.28. The molecule has 4 amide bonds. The molecule has 3 aliphatic rings. The molecule has 0 spiro atoms. The van der Waals surface area contributed by atoms with Crippen LogP contribution in [0.3, 0.4) is 0 Å². The van der Waals surface area contributed by atoms with Crippen LogP contribution in [0.1, 0.15) is 52.0 Å². The number of carbonyl (C=O) groups excluding carboxylic acids is 4. The molecule has 2 saturated heterocycles. The van der Waals surface area contributed by atoms with Gasteiger partial charge in [-0.25, -0.2) is 0 Å². The third-order valence-corrected chi connectivity index (χ3v) is 6.28. The maximum Gasteiger partial charge on any atom is 0.262 e. The van der Waals surface area contributed by atoms with Crippen molar-refractivity contribution < 1.29 is 23.9 Å². The zero-order valence-corrected chi connectivity index (χ0v) is 17.7. The number of likely N-dealkylation sites (tertiary alicyclic amines) is 1. The van der Waals surface area contributed by atoms with Gasteiger partial charge in [-0.3, -0.25) is 34.3 Å². The number of rotatable bonds is 7. The van der Waals surface area contributed by atoms with Crippen LogP contribution >= 0.6 is 0 Å². The monoisotopic (exact) mass is 428 g/mol. The van der Waals surface area contributed by atoms with Gasteiger partial charge in [-0.15, -0.1) is 0 Å². The van der Waals surface area contributed by atoms with Crippen molar-refractivity contribution in [1.82, 2.24) is 20.4 Å². The van der Waals surface area contributed by atoms with Crippen LogP contribution in [0.4, 0.5) is 0 Å². The maximum absolute atomic E-state index is 13.2. The number of amides is 4. The summed E-state index contributed by atoms with van der Waals surface area (Å²) in [7, 11) is 1.69. The van der Waals surface area contributed by atoms with E-state index in [-0.39, 0.29) is 18.7 Å². The van der Waals surface area contributed by atoms with Gasteiger partial charge in [0.15, 0.2) is 0 Å². The van der Waals surface area contributed by atoms with Crippen LogP contribution in [0.5, 0.6) is 0 Å². The Hall–Kier alpha value is -2.62. The van der Waals surface area contributed by atoms with E-state index in [0.29, 0.717) is 30.3 Å². The minimum Gasteiger partial charge on any atom is -0.383 e. The number of hydrogen-bond donors (Lipinski definition) is 2. The van der Waals surface area contributed by atoms with Crippen LogP contribution in [0.25, 0.3) is 0 Å². The zero-order chi connectivity index (χ0) is 22.0. The number of hydrogen-bond acceptors (Lipinski definition) is 7. The fourth-order valence-corrected chi connectivity index (χ4v) is 4.62. The summed E-state index contributed by atoms with van der Waals surface area (Å²) in [4.78, 5) is 53.2. The Morgan fingerprint density at radius 2 is 1.87 bits per heavy atom. The molecule has 9 nitrogen and oxygen atoms in total. The highest BCUT2D eigenvalue weighted by atomic mass is 16.5. The Balaban J connectivity index is 1.45. The maximum atomic E-state index is 13.2. The van der Waals surface area contributed by atoms with Gasteiger partial charge in [0.1, 0.15) is 6.04 Å². The number of methoxy groups -OCH3 is 1. The van der Waals surface area contributed by atoms with E-state index in [1.807, 2.05) is 6.07 Å². The van der Waals surface area contributed by atoms with E-state index >= 15 is 0 Å². The molecule has 1 unspecified atom stereocenters. The Morgan fingerprint density at radius 1 is 1.10 bits per heavy atom. The van der Waals surface area contributed by atoms with Crippen molar-refractivity contribution in [2.45, 2.75) is 44.3 Å². The first-order valence-corrected chi connectivity index (χ1v) is 10.8. The largest absolute Gasteiger partial charge is 0.383 e. The molecule has 31 heavy (non-hydrogen) atoms. The van der Waals surface area contributed by atoms with Crippen LogP contribution in [-0.4, -0.2) is 78.9 Å². The molecule has 1 atom stereocenters. The van der Waals surface area contributed by atoms with Gasteiger partial charge >= 0.3 is 0 Å². The van der Waals surface area contributed by atoms with E-state index in [0.717, 1.165) is 42.9 Å². The van der Waals surface area contributed by atoms with Crippen molar-refractivity contribution in [2.24, 2.45) is 0 Å². The Kier molecular flexibility index (Phi) is 6.45.